The van der Waals surface area contributed by atoms with Crippen molar-refractivity contribution in [2.24, 2.45) is 13.0 Å². The summed E-state index contributed by atoms with van der Waals surface area (Å²) < 4.78 is 1.72. The van der Waals surface area contributed by atoms with Crippen LogP contribution < -0.4 is 5.32 Å². The van der Waals surface area contributed by atoms with Crippen molar-refractivity contribution in [3.63, 3.8) is 0 Å². The van der Waals surface area contributed by atoms with E-state index in [2.05, 4.69) is 20.6 Å². The van der Waals surface area contributed by atoms with Crippen LogP contribution >= 0.6 is 0 Å². The number of nitrogens with one attached hydrogen (secondary N) is 1. The molecule has 4 rings (SSSR count). The molecule has 2 aromatic heterocycles. The average Bonchev–Trinajstić information content (AvgIpc) is 3.19. The van der Waals surface area contributed by atoms with E-state index in [1.807, 2.05) is 24.2 Å². The van der Waals surface area contributed by atoms with Crippen molar-refractivity contribution in [3.8, 4) is 11.3 Å². The largest absolute Gasteiger partial charge is 0.323 e. The molecule has 1 unspecified atom stereocenters. The number of nitrogens with zero attached hydrogens (tertiary/aromatic N) is 5. The molecule has 1 N–H and O–H groups in total. The molecule has 0 bridgehead atoms. The van der Waals surface area contributed by atoms with E-state index in [4.69, 9.17) is 0 Å². The molecule has 2 amide bonds. The monoisotopic (exact) mass is 326 g/mol. The zero-order valence-electron chi connectivity index (χ0n) is 13.9. The van der Waals surface area contributed by atoms with Gasteiger partial charge in [-0.05, 0) is 37.3 Å². The maximum Gasteiger partial charge on any atom is 0.323 e. The predicted molar refractivity (Wildman–Crippen MR) is 90.3 cm³/mol. The number of hydrogen-bond donors (Lipinski definition) is 1. The van der Waals surface area contributed by atoms with Gasteiger partial charge < -0.3 is 4.90 Å². The van der Waals surface area contributed by atoms with Crippen LogP contribution in [0.1, 0.15) is 32.1 Å². The molecule has 24 heavy (non-hydrogen) atoms. The summed E-state index contributed by atoms with van der Waals surface area (Å²) in [6, 6.07) is 4.00. The van der Waals surface area contributed by atoms with Gasteiger partial charge in [0.15, 0.2) is 5.82 Å². The van der Waals surface area contributed by atoms with E-state index in [0.717, 1.165) is 24.2 Å². The minimum atomic E-state index is -0.0541. The number of anilines is 1. The molecule has 126 valence electrons. The Morgan fingerprint density at radius 3 is 2.62 bits per heavy atom. The van der Waals surface area contributed by atoms with Crippen LogP contribution in [0.4, 0.5) is 10.6 Å². The third-order valence-electron chi connectivity index (χ3n) is 5.17. The van der Waals surface area contributed by atoms with Crippen molar-refractivity contribution in [2.75, 3.05) is 11.9 Å². The SMILES string of the molecule is Cn1cc(-c2ccc(NC(=O)N3CCC3C3CCCC3)nn2)cn1. The summed E-state index contributed by atoms with van der Waals surface area (Å²) in [7, 11) is 1.86. The summed E-state index contributed by atoms with van der Waals surface area (Å²) in [6.07, 6.45) is 9.88. The summed E-state index contributed by atoms with van der Waals surface area (Å²) in [5, 5.41) is 15.3. The number of aryl methyl sites for hydroxylation is 1. The molecule has 0 radical (unpaired) electrons. The Hall–Kier alpha value is -2.44. The number of amides is 2. The van der Waals surface area contributed by atoms with Gasteiger partial charge >= 0.3 is 6.03 Å². The first kappa shape index (κ1) is 15.1. The number of hydrogen-bond acceptors (Lipinski definition) is 4. The fourth-order valence-electron chi connectivity index (χ4n) is 3.78. The molecular formula is C17H22N6O. The van der Waals surface area contributed by atoms with Crippen molar-refractivity contribution in [2.45, 2.75) is 38.1 Å². The molecule has 1 saturated carbocycles. The maximum atomic E-state index is 12.5. The zero-order chi connectivity index (χ0) is 16.5. The Kier molecular flexibility index (Phi) is 3.92. The number of carbonyl (C=O) groups is 1. The van der Waals surface area contributed by atoms with Crippen LogP contribution in [0, 0.1) is 5.92 Å². The Morgan fingerprint density at radius 2 is 2.04 bits per heavy atom. The molecule has 1 saturated heterocycles. The molecule has 1 aliphatic heterocycles. The smallest absolute Gasteiger partial charge is 0.321 e. The van der Waals surface area contributed by atoms with Crippen LogP contribution in [-0.2, 0) is 7.05 Å². The van der Waals surface area contributed by atoms with Gasteiger partial charge in [0.2, 0.25) is 0 Å². The molecule has 0 aromatic carbocycles. The van der Waals surface area contributed by atoms with Gasteiger partial charge in [-0.1, -0.05) is 12.8 Å². The second-order valence-corrected chi connectivity index (χ2v) is 6.73. The topological polar surface area (TPSA) is 75.9 Å². The second-order valence-electron chi connectivity index (χ2n) is 6.73. The third-order valence-corrected chi connectivity index (χ3v) is 5.17. The van der Waals surface area contributed by atoms with Gasteiger partial charge in [0.1, 0.15) is 0 Å². The van der Waals surface area contributed by atoms with E-state index in [0.29, 0.717) is 17.8 Å². The summed E-state index contributed by atoms with van der Waals surface area (Å²) >= 11 is 0. The Balaban J connectivity index is 1.39. The van der Waals surface area contributed by atoms with Gasteiger partial charge in [0.05, 0.1) is 11.9 Å². The number of rotatable bonds is 3. The fraction of sp³-hybridized carbons (Fsp3) is 0.529. The molecule has 2 aromatic rings. The first-order valence-electron chi connectivity index (χ1n) is 8.61. The highest BCUT2D eigenvalue weighted by Gasteiger charge is 2.38. The van der Waals surface area contributed by atoms with Crippen molar-refractivity contribution in [3.05, 3.63) is 24.5 Å². The summed E-state index contributed by atoms with van der Waals surface area (Å²) in [4.78, 5) is 14.4. The lowest BCUT2D eigenvalue weighted by atomic mass is 9.88. The van der Waals surface area contributed by atoms with E-state index in [-0.39, 0.29) is 6.03 Å². The predicted octanol–water partition coefficient (Wildman–Crippen LogP) is 2.67. The summed E-state index contributed by atoms with van der Waals surface area (Å²) in [6.45, 7) is 0.841. The average molecular weight is 326 g/mol. The van der Waals surface area contributed by atoms with E-state index >= 15 is 0 Å². The maximum absolute atomic E-state index is 12.5. The molecule has 0 spiro atoms. The van der Waals surface area contributed by atoms with Gasteiger partial charge in [-0.15, -0.1) is 10.2 Å². The fourth-order valence-corrected chi connectivity index (χ4v) is 3.78. The highest BCUT2D eigenvalue weighted by atomic mass is 16.2. The number of urea groups is 1. The van der Waals surface area contributed by atoms with Gasteiger partial charge in [-0.25, -0.2) is 4.79 Å². The molecule has 1 aliphatic carbocycles. The summed E-state index contributed by atoms with van der Waals surface area (Å²) in [5.41, 5.74) is 1.65. The molecule has 2 fully saturated rings. The van der Waals surface area contributed by atoms with Crippen LogP contribution in [0.5, 0.6) is 0 Å². The second kappa shape index (κ2) is 6.22. The lowest BCUT2D eigenvalue weighted by Crippen LogP contribution is -2.55. The first-order chi connectivity index (χ1) is 11.7. The highest BCUT2D eigenvalue weighted by Crippen LogP contribution is 2.36. The summed E-state index contributed by atoms with van der Waals surface area (Å²) in [5.74, 6) is 1.17. The van der Waals surface area contributed by atoms with E-state index in [9.17, 15) is 4.79 Å². The number of likely N-dealkylation sites (tertiary alicyclic amines) is 1. The van der Waals surface area contributed by atoms with E-state index in [1.54, 1.807) is 16.9 Å². The molecular weight excluding hydrogens is 304 g/mol. The van der Waals surface area contributed by atoms with Crippen LogP contribution in [0.15, 0.2) is 24.5 Å². The third kappa shape index (κ3) is 2.86. The van der Waals surface area contributed by atoms with Crippen LogP contribution in [0.25, 0.3) is 11.3 Å². The Labute approximate surface area is 141 Å². The van der Waals surface area contributed by atoms with E-state index < -0.39 is 0 Å². The van der Waals surface area contributed by atoms with Crippen molar-refractivity contribution in [1.29, 1.82) is 0 Å². The standard InChI is InChI=1S/C17H22N6O/c1-22-11-13(10-18-22)14-6-7-16(21-20-14)19-17(24)23-9-8-15(23)12-4-2-3-5-12/h6-7,10-12,15H,2-5,8-9H2,1H3,(H,19,21,24). The minimum absolute atomic E-state index is 0.0541. The van der Waals surface area contributed by atoms with Crippen molar-refractivity contribution in [1.82, 2.24) is 24.9 Å². The van der Waals surface area contributed by atoms with Gasteiger partial charge in [0.25, 0.3) is 0 Å². The number of aromatic nitrogens is 4. The highest BCUT2D eigenvalue weighted by molar-refractivity contribution is 5.89. The normalized spacial score (nSPS) is 20.9. The van der Waals surface area contributed by atoms with Gasteiger partial charge in [0, 0.05) is 31.4 Å². The Morgan fingerprint density at radius 1 is 1.21 bits per heavy atom. The van der Waals surface area contributed by atoms with Gasteiger partial charge in [-0.2, -0.15) is 5.10 Å². The van der Waals surface area contributed by atoms with Crippen LogP contribution in [0.3, 0.4) is 0 Å². The molecule has 7 nitrogen and oxygen atoms in total. The molecule has 3 heterocycles. The number of carbonyl (C=O) groups excluding carboxylic acids is 1. The molecule has 7 heteroatoms. The molecule has 2 aliphatic rings. The Bertz CT molecular complexity index is 719. The van der Waals surface area contributed by atoms with Crippen molar-refractivity contribution < 1.29 is 4.79 Å². The lowest BCUT2D eigenvalue weighted by molar-refractivity contribution is 0.0853. The quantitative estimate of drug-likeness (QED) is 0.941. The van der Waals surface area contributed by atoms with Crippen LogP contribution in [0.2, 0.25) is 0 Å². The lowest BCUT2D eigenvalue weighted by Gasteiger charge is -2.44. The zero-order valence-corrected chi connectivity index (χ0v) is 13.9. The molecule has 1 atom stereocenters. The van der Waals surface area contributed by atoms with Crippen LogP contribution in [-0.4, -0.2) is 43.5 Å². The van der Waals surface area contributed by atoms with Crippen molar-refractivity contribution >= 4 is 11.8 Å². The van der Waals surface area contributed by atoms with Gasteiger partial charge in [-0.3, -0.25) is 10.00 Å². The van der Waals surface area contributed by atoms with E-state index in [1.165, 1.54) is 25.7 Å². The first-order valence-corrected chi connectivity index (χ1v) is 8.61. The minimum Gasteiger partial charge on any atom is -0.321 e.